The molecule has 98 valence electrons. The Morgan fingerprint density at radius 3 is 2.58 bits per heavy atom. The maximum atomic E-state index is 13.6. The molecule has 1 amide bonds. The topological polar surface area (TPSA) is 29.1 Å². The van der Waals surface area contributed by atoms with Crippen LogP contribution in [0.5, 0.6) is 0 Å². The van der Waals surface area contributed by atoms with Gasteiger partial charge in [0, 0.05) is 4.47 Å². The van der Waals surface area contributed by atoms with E-state index in [1.807, 2.05) is 0 Å². The maximum Gasteiger partial charge on any atom is 0.258 e. The Labute approximate surface area is 117 Å². The Kier molecular flexibility index (Phi) is 3.95. The molecule has 2 aromatic rings. The van der Waals surface area contributed by atoms with Crippen LogP contribution in [-0.2, 0) is 0 Å². The zero-order chi connectivity index (χ0) is 14.0. The van der Waals surface area contributed by atoms with Crippen LogP contribution in [-0.4, -0.2) is 5.91 Å². The predicted octanol–water partition coefficient (Wildman–Crippen LogP) is 4.29. The van der Waals surface area contributed by atoms with Gasteiger partial charge in [0.2, 0.25) is 0 Å². The summed E-state index contributed by atoms with van der Waals surface area (Å²) < 4.78 is 27.2. The molecule has 0 bridgehead atoms. The molecule has 0 aliphatic rings. The van der Waals surface area contributed by atoms with Crippen molar-refractivity contribution in [2.24, 2.45) is 0 Å². The number of halogens is 3. The molecule has 2 aromatic carbocycles. The second-order valence-corrected chi connectivity index (χ2v) is 4.92. The molecule has 2 nitrogen and oxygen atoms in total. The first-order valence-electron chi connectivity index (χ1n) is 5.50. The molecule has 0 aliphatic heterocycles. The van der Waals surface area contributed by atoms with Gasteiger partial charge in [0.1, 0.15) is 11.6 Å². The van der Waals surface area contributed by atoms with Crippen molar-refractivity contribution in [3.8, 4) is 0 Å². The molecule has 0 unspecified atom stereocenters. The molecule has 0 heterocycles. The second kappa shape index (κ2) is 5.48. The largest absolute Gasteiger partial charge is 0.321 e. The fraction of sp³-hybridized carbons (Fsp3) is 0.0714. The number of carbonyl (C=O) groups is 1. The summed E-state index contributed by atoms with van der Waals surface area (Å²) in [6, 6.07) is 8.19. The van der Waals surface area contributed by atoms with Crippen LogP contribution in [0, 0.1) is 18.6 Å². The van der Waals surface area contributed by atoms with E-state index in [4.69, 9.17) is 0 Å². The van der Waals surface area contributed by atoms with Crippen molar-refractivity contribution < 1.29 is 13.6 Å². The summed E-state index contributed by atoms with van der Waals surface area (Å²) in [6.45, 7) is 1.73. The van der Waals surface area contributed by atoms with E-state index in [0.29, 0.717) is 4.47 Å². The summed E-state index contributed by atoms with van der Waals surface area (Å²) in [5, 5.41) is 2.46. The zero-order valence-corrected chi connectivity index (χ0v) is 11.6. The lowest BCUT2D eigenvalue weighted by Gasteiger charge is -2.08. The van der Waals surface area contributed by atoms with Crippen LogP contribution in [0.15, 0.2) is 40.9 Å². The van der Waals surface area contributed by atoms with Gasteiger partial charge in [0.15, 0.2) is 0 Å². The van der Waals surface area contributed by atoms with Crippen molar-refractivity contribution >= 4 is 27.5 Å². The average molecular weight is 326 g/mol. The van der Waals surface area contributed by atoms with Gasteiger partial charge in [-0.2, -0.15) is 0 Å². The smallest absolute Gasteiger partial charge is 0.258 e. The van der Waals surface area contributed by atoms with E-state index in [1.165, 1.54) is 24.3 Å². The Balaban J connectivity index is 2.28. The minimum absolute atomic E-state index is 0.0817. The van der Waals surface area contributed by atoms with Crippen LogP contribution in [0.3, 0.4) is 0 Å². The quantitative estimate of drug-likeness (QED) is 0.876. The van der Waals surface area contributed by atoms with Crippen LogP contribution in [0.2, 0.25) is 0 Å². The molecule has 0 fully saturated rings. The summed E-state index contributed by atoms with van der Waals surface area (Å²) in [7, 11) is 0. The van der Waals surface area contributed by atoms with Gasteiger partial charge in [-0.25, -0.2) is 8.78 Å². The third-order valence-electron chi connectivity index (χ3n) is 2.55. The molecule has 0 radical (unpaired) electrons. The number of rotatable bonds is 2. The highest BCUT2D eigenvalue weighted by molar-refractivity contribution is 9.10. The lowest BCUT2D eigenvalue weighted by atomic mass is 10.1. The van der Waals surface area contributed by atoms with Crippen LogP contribution < -0.4 is 5.32 Å². The Hall–Kier alpha value is -1.75. The number of hydrogen-bond acceptors (Lipinski definition) is 1. The molecule has 0 spiro atoms. The number of hydrogen-bond donors (Lipinski definition) is 1. The van der Waals surface area contributed by atoms with E-state index in [2.05, 4.69) is 21.2 Å². The highest BCUT2D eigenvalue weighted by Crippen LogP contribution is 2.24. The Bertz CT molecular complexity index is 643. The van der Waals surface area contributed by atoms with Crippen molar-refractivity contribution in [3.05, 3.63) is 63.6 Å². The minimum Gasteiger partial charge on any atom is -0.321 e. The molecule has 1 N–H and O–H groups in total. The normalized spacial score (nSPS) is 10.3. The minimum atomic E-state index is -0.621. The van der Waals surface area contributed by atoms with E-state index >= 15 is 0 Å². The third-order valence-corrected chi connectivity index (χ3v) is 3.24. The van der Waals surface area contributed by atoms with Gasteiger partial charge in [-0.3, -0.25) is 4.79 Å². The predicted molar refractivity (Wildman–Crippen MR) is 73.2 cm³/mol. The van der Waals surface area contributed by atoms with Gasteiger partial charge < -0.3 is 5.32 Å². The van der Waals surface area contributed by atoms with E-state index in [9.17, 15) is 13.6 Å². The van der Waals surface area contributed by atoms with E-state index in [1.54, 1.807) is 13.0 Å². The number of carbonyl (C=O) groups excluding carboxylic acids is 1. The van der Waals surface area contributed by atoms with E-state index in [0.717, 1.165) is 11.6 Å². The van der Waals surface area contributed by atoms with Gasteiger partial charge in [0.25, 0.3) is 5.91 Å². The number of aryl methyl sites for hydroxylation is 1. The first-order chi connectivity index (χ1) is 8.97. The van der Waals surface area contributed by atoms with Gasteiger partial charge in [0.05, 0.1) is 11.3 Å². The molecule has 19 heavy (non-hydrogen) atoms. The third kappa shape index (κ3) is 3.17. The lowest BCUT2D eigenvalue weighted by Crippen LogP contribution is -2.14. The monoisotopic (exact) mass is 325 g/mol. The lowest BCUT2D eigenvalue weighted by molar-refractivity contribution is 0.102. The van der Waals surface area contributed by atoms with E-state index in [-0.39, 0.29) is 11.3 Å². The van der Waals surface area contributed by atoms with Crippen LogP contribution in [0.4, 0.5) is 14.5 Å². The highest BCUT2D eigenvalue weighted by Gasteiger charge is 2.13. The van der Waals surface area contributed by atoms with Crippen LogP contribution >= 0.6 is 15.9 Å². The number of amides is 1. The van der Waals surface area contributed by atoms with Crippen molar-refractivity contribution in [2.45, 2.75) is 6.92 Å². The average Bonchev–Trinajstić information content (AvgIpc) is 2.33. The number of nitrogens with one attached hydrogen (secondary N) is 1. The fourth-order valence-electron chi connectivity index (χ4n) is 1.59. The van der Waals surface area contributed by atoms with E-state index < -0.39 is 17.5 Å². The second-order valence-electron chi connectivity index (χ2n) is 4.06. The van der Waals surface area contributed by atoms with Crippen LogP contribution in [0.1, 0.15) is 15.9 Å². The first kappa shape index (κ1) is 13.7. The fourth-order valence-corrected chi connectivity index (χ4v) is 1.93. The zero-order valence-electron chi connectivity index (χ0n) is 10.0. The summed E-state index contributed by atoms with van der Waals surface area (Å²) in [5.74, 6) is -1.71. The molecular weight excluding hydrogens is 316 g/mol. The van der Waals surface area contributed by atoms with Gasteiger partial charge in [-0.15, -0.1) is 0 Å². The SMILES string of the molecule is Cc1ccc(C(=O)Nc2cc(F)ccc2Br)c(F)c1. The van der Waals surface area contributed by atoms with Crippen molar-refractivity contribution in [1.82, 2.24) is 0 Å². The maximum absolute atomic E-state index is 13.6. The highest BCUT2D eigenvalue weighted by atomic mass is 79.9. The Morgan fingerprint density at radius 2 is 1.89 bits per heavy atom. The van der Waals surface area contributed by atoms with Gasteiger partial charge in [-0.1, -0.05) is 6.07 Å². The molecule has 0 saturated heterocycles. The molecule has 0 aliphatic carbocycles. The van der Waals surface area contributed by atoms with Crippen LogP contribution in [0.25, 0.3) is 0 Å². The number of anilines is 1. The van der Waals surface area contributed by atoms with Crippen molar-refractivity contribution in [1.29, 1.82) is 0 Å². The molecule has 0 saturated carbocycles. The van der Waals surface area contributed by atoms with Crippen molar-refractivity contribution in [2.75, 3.05) is 5.32 Å². The summed E-state index contributed by atoms with van der Waals surface area (Å²) in [4.78, 5) is 11.9. The summed E-state index contributed by atoms with van der Waals surface area (Å²) in [5.41, 5.74) is 0.896. The summed E-state index contributed by atoms with van der Waals surface area (Å²) in [6.07, 6.45) is 0. The van der Waals surface area contributed by atoms with Gasteiger partial charge >= 0.3 is 0 Å². The standard InChI is InChI=1S/C14H10BrF2NO/c1-8-2-4-10(12(17)6-8)14(19)18-13-7-9(16)3-5-11(13)15/h2-7H,1H3,(H,18,19). The number of benzene rings is 2. The Morgan fingerprint density at radius 1 is 1.16 bits per heavy atom. The molecule has 5 heteroatoms. The van der Waals surface area contributed by atoms with Gasteiger partial charge in [-0.05, 0) is 58.7 Å². The molecular formula is C14H10BrF2NO. The molecule has 0 aromatic heterocycles. The molecule has 0 atom stereocenters. The molecule has 2 rings (SSSR count). The first-order valence-corrected chi connectivity index (χ1v) is 6.29. The van der Waals surface area contributed by atoms with Crippen molar-refractivity contribution in [3.63, 3.8) is 0 Å². The summed E-state index contributed by atoms with van der Waals surface area (Å²) >= 11 is 3.19.